The molecule has 0 aliphatic carbocycles. The van der Waals surface area contributed by atoms with Crippen LogP contribution in [0.15, 0.2) is 5.38 Å². The minimum Gasteiger partial charge on any atom is -0.308 e. The number of nitrogens with one attached hydrogen (secondary N) is 2. The molecule has 1 amide bonds. The lowest BCUT2D eigenvalue weighted by atomic mass is 10.5. The van der Waals surface area contributed by atoms with Crippen molar-refractivity contribution in [3.63, 3.8) is 0 Å². The Balaban J connectivity index is 2.16. The first-order valence-electron chi connectivity index (χ1n) is 5.15. The van der Waals surface area contributed by atoms with Gasteiger partial charge in [0.2, 0.25) is 5.91 Å². The van der Waals surface area contributed by atoms with Crippen LogP contribution in [0.3, 0.4) is 0 Å². The topological polar surface area (TPSA) is 57.3 Å². The van der Waals surface area contributed by atoms with E-state index in [9.17, 15) is 4.79 Å². The second kappa shape index (κ2) is 6.57. The van der Waals surface area contributed by atoms with Crippen molar-refractivity contribution in [1.29, 1.82) is 0 Å². The first-order valence-corrected chi connectivity index (χ1v) is 6.03. The van der Waals surface area contributed by atoms with Crippen LogP contribution in [0, 0.1) is 6.92 Å². The molecule has 0 fully saturated rings. The van der Waals surface area contributed by atoms with Gasteiger partial charge in [-0.3, -0.25) is 4.79 Å². The third-order valence-corrected chi connectivity index (χ3v) is 2.76. The molecule has 2 N–H and O–H groups in total. The average molecular weight is 242 g/mol. The molecule has 0 bridgehead atoms. The molecule has 0 saturated heterocycles. The summed E-state index contributed by atoms with van der Waals surface area (Å²) < 4.78 is 0. The number of rotatable bonds is 6. The molecule has 0 unspecified atom stereocenters. The lowest BCUT2D eigenvalue weighted by molar-refractivity contribution is -0.115. The van der Waals surface area contributed by atoms with Crippen LogP contribution in [0.5, 0.6) is 0 Å². The Morgan fingerprint density at radius 1 is 1.56 bits per heavy atom. The van der Waals surface area contributed by atoms with Gasteiger partial charge in [-0.25, -0.2) is 4.98 Å². The lowest BCUT2D eigenvalue weighted by Crippen LogP contribution is -2.33. The zero-order valence-corrected chi connectivity index (χ0v) is 10.7. The van der Waals surface area contributed by atoms with Gasteiger partial charge in [-0.1, -0.05) is 0 Å². The molecule has 1 aromatic heterocycles. The van der Waals surface area contributed by atoms with Crippen LogP contribution >= 0.6 is 11.3 Å². The molecule has 0 radical (unpaired) electrons. The van der Waals surface area contributed by atoms with Crippen molar-refractivity contribution in [2.75, 3.05) is 39.0 Å². The van der Waals surface area contributed by atoms with Crippen LogP contribution in [0.2, 0.25) is 0 Å². The highest BCUT2D eigenvalue weighted by molar-refractivity contribution is 7.13. The van der Waals surface area contributed by atoms with Gasteiger partial charge in [0.1, 0.15) is 0 Å². The van der Waals surface area contributed by atoms with Crippen LogP contribution in [-0.4, -0.2) is 49.5 Å². The maximum atomic E-state index is 11.4. The lowest BCUT2D eigenvalue weighted by Gasteiger charge is -2.09. The summed E-state index contributed by atoms with van der Waals surface area (Å²) in [4.78, 5) is 17.7. The standard InChI is InChI=1S/C10H18N4OS/c1-8-7-16-10(12-8)13-9(15)6-11-4-5-14(2)3/h7,11H,4-6H2,1-3H3,(H,12,13,15). The molecule has 6 heteroatoms. The summed E-state index contributed by atoms with van der Waals surface area (Å²) >= 11 is 1.44. The van der Waals surface area contributed by atoms with E-state index in [1.54, 1.807) is 0 Å². The van der Waals surface area contributed by atoms with Crippen molar-refractivity contribution in [3.05, 3.63) is 11.1 Å². The van der Waals surface area contributed by atoms with Gasteiger partial charge in [0.05, 0.1) is 12.2 Å². The van der Waals surface area contributed by atoms with E-state index in [-0.39, 0.29) is 5.91 Å². The molecular formula is C10H18N4OS. The number of carbonyl (C=O) groups is 1. The van der Waals surface area contributed by atoms with Gasteiger partial charge < -0.3 is 15.5 Å². The van der Waals surface area contributed by atoms with E-state index in [1.165, 1.54) is 11.3 Å². The molecule has 16 heavy (non-hydrogen) atoms. The molecule has 0 spiro atoms. The third kappa shape index (κ3) is 5.20. The van der Waals surface area contributed by atoms with E-state index in [1.807, 2.05) is 26.4 Å². The Hall–Kier alpha value is -0.980. The van der Waals surface area contributed by atoms with Crippen LogP contribution in [0.4, 0.5) is 5.13 Å². The highest BCUT2D eigenvalue weighted by Crippen LogP contribution is 2.13. The number of thiazole rings is 1. The predicted molar refractivity (Wildman–Crippen MR) is 66.9 cm³/mol. The van der Waals surface area contributed by atoms with E-state index >= 15 is 0 Å². The molecule has 1 rings (SSSR count). The normalized spacial score (nSPS) is 10.8. The predicted octanol–water partition coefficient (Wildman–Crippen LogP) is 0.541. The van der Waals surface area contributed by atoms with Gasteiger partial charge in [0.25, 0.3) is 0 Å². The number of carbonyl (C=O) groups excluding carboxylic acids is 1. The Bertz CT molecular complexity index is 337. The summed E-state index contributed by atoms with van der Waals surface area (Å²) in [5, 5.41) is 8.39. The van der Waals surface area contributed by atoms with Gasteiger partial charge in [0.15, 0.2) is 5.13 Å². The number of hydrogen-bond acceptors (Lipinski definition) is 5. The van der Waals surface area contributed by atoms with Crippen molar-refractivity contribution >= 4 is 22.4 Å². The molecule has 0 saturated carbocycles. The fourth-order valence-electron chi connectivity index (χ4n) is 1.08. The van der Waals surface area contributed by atoms with Crippen molar-refractivity contribution in [2.45, 2.75) is 6.92 Å². The zero-order chi connectivity index (χ0) is 12.0. The fourth-order valence-corrected chi connectivity index (χ4v) is 1.78. The summed E-state index contributed by atoms with van der Waals surface area (Å²) in [5.41, 5.74) is 0.931. The molecule has 0 atom stereocenters. The fraction of sp³-hybridized carbons (Fsp3) is 0.600. The largest absolute Gasteiger partial charge is 0.308 e. The number of aryl methyl sites for hydroxylation is 1. The van der Waals surface area contributed by atoms with Crippen LogP contribution in [0.1, 0.15) is 5.69 Å². The SMILES string of the molecule is Cc1csc(NC(=O)CNCCN(C)C)n1. The average Bonchev–Trinajstić information content (AvgIpc) is 2.58. The summed E-state index contributed by atoms with van der Waals surface area (Å²) in [5.74, 6) is -0.0480. The molecule has 1 heterocycles. The quantitative estimate of drug-likeness (QED) is 0.715. The minimum absolute atomic E-state index is 0.0480. The number of amides is 1. The Morgan fingerprint density at radius 3 is 2.88 bits per heavy atom. The molecule has 0 aromatic carbocycles. The molecular weight excluding hydrogens is 224 g/mol. The number of likely N-dealkylation sites (N-methyl/N-ethyl adjacent to an activating group) is 1. The first kappa shape index (κ1) is 13.1. The van der Waals surface area contributed by atoms with Crippen molar-refractivity contribution in [2.24, 2.45) is 0 Å². The molecule has 1 aromatic rings. The number of hydrogen-bond donors (Lipinski definition) is 2. The summed E-state index contributed by atoms with van der Waals surface area (Å²) in [6, 6.07) is 0. The van der Waals surface area contributed by atoms with E-state index in [2.05, 4.69) is 20.5 Å². The van der Waals surface area contributed by atoms with Gasteiger partial charge in [-0.05, 0) is 21.0 Å². The second-order valence-corrected chi connectivity index (χ2v) is 4.68. The Morgan fingerprint density at radius 2 is 2.31 bits per heavy atom. The highest BCUT2D eigenvalue weighted by Gasteiger charge is 2.04. The van der Waals surface area contributed by atoms with Gasteiger partial charge in [-0.2, -0.15) is 0 Å². The second-order valence-electron chi connectivity index (χ2n) is 3.82. The van der Waals surface area contributed by atoms with Crippen LogP contribution in [-0.2, 0) is 4.79 Å². The summed E-state index contributed by atoms with van der Waals surface area (Å²) in [7, 11) is 4.00. The molecule has 5 nitrogen and oxygen atoms in total. The van der Waals surface area contributed by atoms with Crippen LogP contribution in [0.25, 0.3) is 0 Å². The van der Waals surface area contributed by atoms with Gasteiger partial charge in [-0.15, -0.1) is 11.3 Å². The number of anilines is 1. The van der Waals surface area contributed by atoms with Crippen LogP contribution < -0.4 is 10.6 Å². The highest BCUT2D eigenvalue weighted by atomic mass is 32.1. The van der Waals surface area contributed by atoms with E-state index in [0.29, 0.717) is 11.7 Å². The Labute approximate surface area is 99.9 Å². The summed E-state index contributed by atoms with van der Waals surface area (Å²) in [6.45, 7) is 3.95. The maximum absolute atomic E-state index is 11.4. The Kier molecular flexibility index (Phi) is 5.37. The summed E-state index contributed by atoms with van der Waals surface area (Å²) in [6.07, 6.45) is 0. The van der Waals surface area contributed by atoms with Crippen molar-refractivity contribution in [1.82, 2.24) is 15.2 Å². The zero-order valence-electron chi connectivity index (χ0n) is 9.91. The van der Waals surface area contributed by atoms with E-state index in [4.69, 9.17) is 0 Å². The van der Waals surface area contributed by atoms with Crippen molar-refractivity contribution in [3.8, 4) is 0 Å². The van der Waals surface area contributed by atoms with E-state index in [0.717, 1.165) is 18.8 Å². The minimum atomic E-state index is -0.0480. The first-order chi connectivity index (χ1) is 7.58. The maximum Gasteiger partial charge on any atom is 0.240 e. The van der Waals surface area contributed by atoms with E-state index < -0.39 is 0 Å². The van der Waals surface area contributed by atoms with Gasteiger partial charge in [0, 0.05) is 18.5 Å². The smallest absolute Gasteiger partial charge is 0.240 e. The molecule has 0 aliphatic heterocycles. The van der Waals surface area contributed by atoms with Gasteiger partial charge >= 0.3 is 0 Å². The number of nitrogens with zero attached hydrogens (tertiary/aromatic N) is 2. The number of aromatic nitrogens is 1. The monoisotopic (exact) mass is 242 g/mol. The molecule has 0 aliphatic rings. The van der Waals surface area contributed by atoms with Crippen molar-refractivity contribution < 1.29 is 4.79 Å². The molecule has 90 valence electrons. The third-order valence-electron chi connectivity index (χ3n) is 1.89.